The van der Waals surface area contributed by atoms with Gasteiger partial charge in [0.25, 0.3) is 0 Å². The first-order valence-electron chi connectivity index (χ1n) is 4.36. The second kappa shape index (κ2) is 3.96. The zero-order chi connectivity index (χ0) is 10.8. The SMILES string of the molecule is Cc1c(Cl)ccc(-n2cnnn2)c1CO. The third-order valence-electron chi connectivity index (χ3n) is 2.26. The largest absolute Gasteiger partial charge is 0.392 e. The van der Waals surface area contributed by atoms with Crippen LogP contribution in [0.5, 0.6) is 0 Å². The number of rotatable bonds is 2. The molecule has 0 unspecified atom stereocenters. The second-order valence-corrected chi connectivity index (χ2v) is 3.49. The van der Waals surface area contributed by atoms with Crippen LogP contribution in [-0.2, 0) is 6.61 Å². The maximum Gasteiger partial charge on any atom is 0.143 e. The average molecular weight is 225 g/mol. The summed E-state index contributed by atoms with van der Waals surface area (Å²) in [6.07, 6.45) is 1.47. The fourth-order valence-corrected chi connectivity index (χ4v) is 1.58. The number of aliphatic hydroxyl groups excluding tert-OH is 1. The Balaban J connectivity index is 2.62. The van der Waals surface area contributed by atoms with E-state index in [1.807, 2.05) is 6.92 Å². The molecule has 0 fully saturated rings. The molecular formula is C9H9ClN4O. The Bertz CT molecular complexity index is 469. The number of benzene rings is 1. The van der Waals surface area contributed by atoms with Gasteiger partial charge in [0.1, 0.15) is 6.33 Å². The van der Waals surface area contributed by atoms with E-state index in [1.165, 1.54) is 11.0 Å². The Morgan fingerprint density at radius 2 is 2.27 bits per heavy atom. The van der Waals surface area contributed by atoms with Gasteiger partial charge >= 0.3 is 0 Å². The molecule has 1 heterocycles. The molecule has 0 saturated heterocycles. The summed E-state index contributed by atoms with van der Waals surface area (Å²) in [5.41, 5.74) is 2.31. The molecule has 0 atom stereocenters. The van der Waals surface area contributed by atoms with Crippen molar-refractivity contribution in [2.75, 3.05) is 0 Å². The van der Waals surface area contributed by atoms with Gasteiger partial charge in [0.05, 0.1) is 12.3 Å². The first-order chi connectivity index (χ1) is 7.24. The average Bonchev–Trinajstić information content (AvgIpc) is 2.75. The maximum atomic E-state index is 9.28. The minimum absolute atomic E-state index is 0.0956. The standard InChI is InChI=1S/C9H9ClN4O/c1-6-7(4-15)9(3-2-8(6)10)14-5-11-12-13-14/h2-3,5,15H,4H2,1H3. The molecule has 0 aliphatic rings. The third-order valence-corrected chi connectivity index (χ3v) is 2.67. The van der Waals surface area contributed by atoms with Gasteiger partial charge in [-0.3, -0.25) is 0 Å². The maximum absolute atomic E-state index is 9.28. The third kappa shape index (κ3) is 1.71. The molecule has 0 aliphatic heterocycles. The van der Waals surface area contributed by atoms with Crippen molar-refractivity contribution in [2.24, 2.45) is 0 Å². The van der Waals surface area contributed by atoms with E-state index < -0.39 is 0 Å². The molecule has 2 rings (SSSR count). The number of halogens is 1. The van der Waals surface area contributed by atoms with Crippen molar-refractivity contribution in [3.05, 3.63) is 34.6 Å². The van der Waals surface area contributed by atoms with Crippen LogP contribution in [0, 0.1) is 6.92 Å². The first-order valence-corrected chi connectivity index (χ1v) is 4.74. The van der Waals surface area contributed by atoms with Gasteiger partial charge in [-0.1, -0.05) is 11.6 Å². The van der Waals surface area contributed by atoms with E-state index in [0.29, 0.717) is 5.02 Å². The molecule has 0 radical (unpaired) electrons. The minimum Gasteiger partial charge on any atom is -0.392 e. The molecular weight excluding hydrogens is 216 g/mol. The lowest BCUT2D eigenvalue weighted by atomic mass is 10.1. The van der Waals surface area contributed by atoms with Crippen molar-refractivity contribution in [1.82, 2.24) is 20.2 Å². The van der Waals surface area contributed by atoms with Crippen LogP contribution in [0.3, 0.4) is 0 Å². The van der Waals surface area contributed by atoms with E-state index in [0.717, 1.165) is 16.8 Å². The summed E-state index contributed by atoms with van der Waals surface area (Å²) in [5, 5.41) is 20.8. The first kappa shape index (κ1) is 10.1. The minimum atomic E-state index is -0.0956. The highest BCUT2D eigenvalue weighted by atomic mass is 35.5. The number of hydrogen-bond acceptors (Lipinski definition) is 4. The van der Waals surface area contributed by atoms with Gasteiger partial charge in [0, 0.05) is 10.6 Å². The lowest BCUT2D eigenvalue weighted by Crippen LogP contribution is -2.03. The molecule has 0 saturated carbocycles. The van der Waals surface area contributed by atoms with Gasteiger partial charge in [0.2, 0.25) is 0 Å². The zero-order valence-corrected chi connectivity index (χ0v) is 8.81. The van der Waals surface area contributed by atoms with Crippen molar-refractivity contribution in [1.29, 1.82) is 0 Å². The topological polar surface area (TPSA) is 63.8 Å². The molecule has 0 amide bonds. The summed E-state index contributed by atoms with van der Waals surface area (Å²) >= 11 is 5.95. The normalized spacial score (nSPS) is 10.6. The summed E-state index contributed by atoms with van der Waals surface area (Å²) in [6, 6.07) is 3.53. The van der Waals surface area contributed by atoms with E-state index >= 15 is 0 Å². The summed E-state index contributed by atoms with van der Waals surface area (Å²) in [4.78, 5) is 0. The summed E-state index contributed by atoms with van der Waals surface area (Å²) in [6.45, 7) is 1.75. The van der Waals surface area contributed by atoms with E-state index in [9.17, 15) is 5.11 Å². The lowest BCUT2D eigenvalue weighted by Gasteiger charge is -2.10. The van der Waals surface area contributed by atoms with Gasteiger partial charge in [-0.2, -0.15) is 0 Å². The highest BCUT2D eigenvalue weighted by Crippen LogP contribution is 2.24. The highest BCUT2D eigenvalue weighted by molar-refractivity contribution is 6.31. The van der Waals surface area contributed by atoms with Gasteiger partial charge in [-0.05, 0) is 35.0 Å². The van der Waals surface area contributed by atoms with Gasteiger partial charge in [-0.25, -0.2) is 4.68 Å². The fourth-order valence-electron chi connectivity index (χ4n) is 1.40. The van der Waals surface area contributed by atoms with Crippen molar-refractivity contribution in [3.63, 3.8) is 0 Å². The summed E-state index contributed by atoms with van der Waals surface area (Å²) in [5.74, 6) is 0. The Morgan fingerprint density at radius 3 is 2.87 bits per heavy atom. The lowest BCUT2D eigenvalue weighted by molar-refractivity contribution is 0.280. The number of aliphatic hydroxyl groups is 1. The zero-order valence-electron chi connectivity index (χ0n) is 8.05. The molecule has 5 nitrogen and oxygen atoms in total. The molecule has 0 aliphatic carbocycles. The van der Waals surface area contributed by atoms with Crippen LogP contribution >= 0.6 is 11.6 Å². The molecule has 78 valence electrons. The number of tetrazole rings is 1. The van der Waals surface area contributed by atoms with Crippen molar-refractivity contribution >= 4 is 11.6 Å². The molecule has 15 heavy (non-hydrogen) atoms. The van der Waals surface area contributed by atoms with E-state index in [2.05, 4.69) is 15.5 Å². The number of nitrogens with zero attached hydrogens (tertiary/aromatic N) is 4. The fraction of sp³-hybridized carbons (Fsp3) is 0.222. The van der Waals surface area contributed by atoms with E-state index in [4.69, 9.17) is 11.6 Å². The quantitative estimate of drug-likeness (QED) is 0.830. The monoisotopic (exact) mass is 224 g/mol. The summed E-state index contributed by atoms with van der Waals surface area (Å²) in [7, 11) is 0. The van der Waals surface area contributed by atoms with Crippen LogP contribution in [0.15, 0.2) is 18.5 Å². The van der Waals surface area contributed by atoms with Crippen LogP contribution in [0.2, 0.25) is 5.02 Å². The molecule has 1 aromatic heterocycles. The number of hydrogen-bond donors (Lipinski definition) is 1. The molecule has 2 aromatic rings. The van der Waals surface area contributed by atoms with Crippen molar-refractivity contribution in [2.45, 2.75) is 13.5 Å². The van der Waals surface area contributed by atoms with Crippen LogP contribution in [0.25, 0.3) is 5.69 Å². The van der Waals surface area contributed by atoms with Crippen LogP contribution in [-0.4, -0.2) is 25.3 Å². The smallest absolute Gasteiger partial charge is 0.143 e. The second-order valence-electron chi connectivity index (χ2n) is 3.08. The Labute approximate surface area is 91.3 Å². The van der Waals surface area contributed by atoms with Crippen LogP contribution in [0.1, 0.15) is 11.1 Å². The number of aromatic nitrogens is 4. The highest BCUT2D eigenvalue weighted by Gasteiger charge is 2.10. The van der Waals surface area contributed by atoms with Gasteiger partial charge in [0.15, 0.2) is 0 Å². The summed E-state index contributed by atoms with van der Waals surface area (Å²) < 4.78 is 1.49. The Morgan fingerprint density at radius 1 is 1.47 bits per heavy atom. The molecule has 6 heteroatoms. The Kier molecular flexibility index (Phi) is 2.66. The molecule has 1 aromatic carbocycles. The predicted octanol–water partition coefficient (Wildman–Crippen LogP) is 1.12. The molecule has 0 bridgehead atoms. The van der Waals surface area contributed by atoms with E-state index in [1.54, 1.807) is 12.1 Å². The van der Waals surface area contributed by atoms with Crippen molar-refractivity contribution < 1.29 is 5.11 Å². The van der Waals surface area contributed by atoms with Gasteiger partial charge < -0.3 is 5.11 Å². The Hall–Kier alpha value is -1.46. The van der Waals surface area contributed by atoms with E-state index in [-0.39, 0.29) is 6.61 Å². The molecule has 1 N–H and O–H groups in total. The van der Waals surface area contributed by atoms with Crippen LogP contribution < -0.4 is 0 Å². The van der Waals surface area contributed by atoms with Crippen molar-refractivity contribution in [3.8, 4) is 5.69 Å². The predicted molar refractivity (Wildman–Crippen MR) is 54.8 cm³/mol. The van der Waals surface area contributed by atoms with Crippen LogP contribution in [0.4, 0.5) is 0 Å². The molecule has 0 spiro atoms. The van der Waals surface area contributed by atoms with Gasteiger partial charge in [-0.15, -0.1) is 5.10 Å².